The second-order valence-electron chi connectivity index (χ2n) is 5.13. The summed E-state index contributed by atoms with van der Waals surface area (Å²) in [5.41, 5.74) is 0. The standard InChI is InChI=1S/C14H26O3/c1-3-4-5-6-8-12-9-7-10-13(17-12)14(16)11(2)15/h12-14,16H,3-10H2,1-2H3/t12-,13+,14-/m0/s1. The molecule has 0 unspecified atom stereocenters. The molecule has 0 radical (unpaired) electrons. The Morgan fingerprint density at radius 2 is 2.12 bits per heavy atom. The third-order valence-corrected chi connectivity index (χ3v) is 3.53. The number of ketones is 1. The van der Waals surface area contributed by atoms with E-state index in [2.05, 4.69) is 6.92 Å². The number of Topliss-reactive ketones (excluding diaryl/α,β-unsaturated/α-hetero) is 1. The van der Waals surface area contributed by atoms with Crippen LogP contribution in [0.15, 0.2) is 0 Å². The van der Waals surface area contributed by atoms with Crippen LogP contribution in [0.3, 0.4) is 0 Å². The summed E-state index contributed by atoms with van der Waals surface area (Å²) >= 11 is 0. The number of unbranched alkanes of at least 4 members (excludes halogenated alkanes) is 3. The minimum atomic E-state index is -0.923. The Morgan fingerprint density at radius 1 is 1.35 bits per heavy atom. The van der Waals surface area contributed by atoms with Crippen LogP contribution in [-0.2, 0) is 9.53 Å². The summed E-state index contributed by atoms with van der Waals surface area (Å²) in [5.74, 6) is -0.179. The van der Waals surface area contributed by atoms with E-state index in [0.717, 1.165) is 25.7 Å². The molecule has 1 N–H and O–H groups in total. The van der Waals surface area contributed by atoms with Gasteiger partial charge >= 0.3 is 0 Å². The van der Waals surface area contributed by atoms with Gasteiger partial charge in [-0.1, -0.05) is 32.6 Å². The summed E-state index contributed by atoms with van der Waals surface area (Å²) < 4.78 is 5.82. The van der Waals surface area contributed by atoms with E-state index in [4.69, 9.17) is 4.74 Å². The first kappa shape index (κ1) is 14.7. The van der Waals surface area contributed by atoms with Gasteiger partial charge in [0.25, 0.3) is 0 Å². The molecule has 3 nitrogen and oxygen atoms in total. The topological polar surface area (TPSA) is 46.5 Å². The largest absolute Gasteiger partial charge is 0.383 e. The molecule has 0 aromatic rings. The highest BCUT2D eigenvalue weighted by atomic mass is 16.5. The molecule has 1 rings (SSSR count). The van der Waals surface area contributed by atoms with Gasteiger partial charge in [0.15, 0.2) is 5.78 Å². The van der Waals surface area contributed by atoms with E-state index in [1.54, 1.807) is 0 Å². The molecule has 0 aromatic carbocycles. The number of aliphatic hydroxyl groups is 1. The van der Waals surface area contributed by atoms with Crippen molar-refractivity contribution in [1.82, 2.24) is 0 Å². The van der Waals surface area contributed by atoms with Crippen LogP contribution in [0, 0.1) is 0 Å². The fourth-order valence-electron chi connectivity index (χ4n) is 2.44. The van der Waals surface area contributed by atoms with Gasteiger partial charge in [-0.3, -0.25) is 4.79 Å². The smallest absolute Gasteiger partial charge is 0.160 e. The Balaban J connectivity index is 2.26. The van der Waals surface area contributed by atoms with Crippen LogP contribution in [0.4, 0.5) is 0 Å². The molecule has 1 aliphatic rings. The van der Waals surface area contributed by atoms with E-state index >= 15 is 0 Å². The lowest BCUT2D eigenvalue weighted by Crippen LogP contribution is -2.40. The Kier molecular flexibility index (Phi) is 6.75. The molecular formula is C14H26O3. The van der Waals surface area contributed by atoms with Crippen molar-refractivity contribution in [2.75, 3.05) is 0 Å². The molecule has 0 amide bonds. The highest BCUT2D eigenvalue weighted by molar-refractivity contribution is 5.80. The normalized spacial score (nSPS) is 26.8. The number of hydrogen-bond donors (Lipinski definition) is 1. The predicted octanol–water partition coefficient (Wildman–Crippen LogP) is 2.84. The summed E-state index contributed by atoms with van der Waals surface area (Å²) in [6.07, 6.45) is 8.07. The van der Waals surface area contributed by atoms with Crippen molar-refractivity contribution in [1.29, 1.82) is 0 Å². The minimum Gasteiger partial charge on any atom is -0.383 e. The van der Waals surface area contributed by atoms with E-state index < -0.39 is 6.10 Å². The van der Waals surface area contributed by atoms with Crippen molar-refractivity contribution in [2.24, 2.45) is 0 Å². The van der Waals surface area contributed by atoms with E-state index in [9.17, 15) is 9.90 Å². The molecule has 3 heteroatoms. The maximum atomic E-state index is 11.1. The van der Waals surface area contributed by atoms with Crippen LogP contribution < -0.4 is 0 Å². The Morgan fingerprint density at radius 3 is 2.76 bits per heavy atom. The highest BCUT2D eigenvalue weighted by Crippen LogP contribution is 2.25. The lowest BCUT2D eigenvalue weighted by atomic mass is 9.96. The first-order chi connectivity index (χ1) is 8.15. The van der Waals surface area contributed by atoms with Gasteiger partial charge in [0.2, 0.25) is 0 Å². The van der Waals surface area contributed by atoms with E-state index in [1.807, 2.05) is 0 Å². The van der Waals surface area contributed by atoms with E-state index in [0.29, 0.717) is 0 Å². The monoisotopic (exact) mass is 242 g/mol. The lowest BCUT2D eigenvalue weighted by molar-refractivity contribution is -0.144. The Bertz CT molecular complexity index is 228. The van der Waals surface area contributed by atoms with Crippen molar-refractivity contribution in [3.8, 4) is 0 Å². The van der Waals surface area contributed by atoms with Crippen LogP contribution in [0.5, 0.6) is 0 Å². The van der Waals surface area contributed by atoms with Crippen molar-refractivity contribution < 1.29 is 14.6 Å². The fraction of sp³-hybridized carbons (Fsp3) is 0.929. The van der Waals surface area contributed by atoms with Crippen molar-refractivity contribution in [3.63, 3.8) is 0 Å². The molecule has 17 heavy (non-hydrogen) atoms. The highest BCUT2D eigenvalue weighted by Gasteiger charge is 2.29. The second-order valence-corrected chi connectivity index (χ2v) is 5.13. The second kappa shape index (κ2) is 7.83. The fourth-order valence-corrected chi connectivity index (χ4v) is 2.44. The summed E-state index contributed by atoms with van der Waals surface area (Å²) in [5, 5.41) is 9.70. The van der Waals surface area contributed by atoms with Crippen LogP contribution in [0.25, 0.3) is 0 Å². The Labute approximate surface area is 105 Å². The first-order valence-corrected chi connectivity index (χ1v) is 6.99. The molecule has 0 aliphatic carbocycles. The van der Waals surface area contributed by atoms with Gasteiger partial charge in [-0.15, -0.1) is 0 Å². The maximum absolute atomic E-state index is 11.1. The molecule has 1 fully saturated rings. The minimum absolute atomic E-state index is 0.179. The third-order valence-electron chi connectivity index (χ3n) is 3.53. The van der Waals surface area contributed by atoms with Crippen molar-refractivity contribution in [2.45, 2.75) is 83.5 Å². The Hall–Kier alpha value is -0.410. The predicted molar refractivity (Wildman–Crippen MR) is 68.0 cm³/mol. The zero-order valence-corrected chi connectivity index (χ0v) is 11.2. The first-order valence-electron chi connectivity index (χ1n) is 6.99. The third kappa shape index (κ3) is 5.17. The number of ether oxygens (including phenoxy) is 1. The van der Waals surface area contributed by atoms with Gasteiger partial charge in [-0.25, -0.2) is 0 Å². The summed E-state index contributed by atoms with van der Waals surface area (Å²) in [4.78, 5) is 11.1. The SMILES string of the molecule is CCCCCC[C@H]1CCC[C@H]([C@@H](O)C(C)=O)O1. The quantitative estimate of drug-likeness (QED) is 0.698. The van der Waals surface area contributed by atoms with Gasteiger partial charge in [0, 0.05) is 0 Å². The number of aliphatic hydroxyl groups excluding tert-OH is 1. The molecule has 1 saturated heterocycles. The molecule has 100 valence electrons. The van der Waals surface area contributed by atoms with Gasteiger partial charge in [-0.2, -0.15) is 0 Å². The molecule has 0 saturated carbocycles. The number of carbonyl (C=O) groups is 1. The average molecular weight is 242 g/mol. The number of hydrogen-bond acceptors (Lipinski definition) is 3. The molecule has 0 bridgehead atoms. The molecular weight excluding hydrogens is 216 g/mol. The van der Waals surface area contributed by atoms with Gasteiger partial charge in [-0.05, 0) is 32.6 Å². The summed E-state index contributed by atoms with van der Waals surface area (Å²) in [6.45, 7) is 3.63. The van der Waals surface area contributed by atoms with Gasteiger partial charge < -0.3 is 9.84 Å². The molecule has 0 aromatic heterocycles. The summed E-state index contributed by atoms with van der Waals surface area (Å²) in [7, 11) is 0. The zero-order valence-electron chi connectivity index (χ0n) is 11.2. The van der Waals surface area contributed by atoms with Crippen molar-refractivity contribution in [3.05, 3.63) is 0 Å². The zero-order chi connectivity index (χ0) is 12.7. The lowest BCUT2D eigenvalue weighted by Gasteiger charge is -2.32. The maximum Gasteiger partial charge on any atom is 0.160 e. The van der Waals surface area contributed by atoms with E-state index in [1.165, 1.54) is 32.6 Å². The van der Waals surface area contributed by atoms with Crippen molar-refractivity contribution >= 4 is 5.78 Å². The molecule has 0 spiro atoms. The van der Waals surface area contributed by atoms with Crippen LogP contribution >= 0.6 is 0 Å². The summed E-state index contributed by atoms with van der Waals surface area (Å²) in [6, 6.07) is 0. The van der Waals surface area contributed by atoms with Crippen LogP contribution in [0.2, 0.25) is 0 Å². The van der Waals surface area contributed by atoms with E-state index in [-0.39, 0.29) is 18.0 Å². The number of carbonyl (C=O) groups excluding carboxylic acids is 1. The number of rotatable bonds is 7. The van der Waals surface area contributed by atoms with Gasteiger partial charge in [0.1, 0.15) is 6.10 Å². The molecule has 1 heterocycles. The van der Waals surface area contributed by atoms with Crippen LogP contribution in [-0.4, -0.2) is 29.2 Å². The average Bonchev–Trinajstić information content (AvgIpc) is 2.34. The van der Waals surface area contributed by atoms with Crippen LogP contribution in [0.1, 0.15) is 65.2 Å². The molecule has 1 aliphatic heterocycles. The van der Waals surface area contributed by atoms with Gasteiger partial charge in [0.05, 0.1) is 12.2 Å². The molecule has 3 atom stereocenters.